The maximum atomic E-state index is 12.0. The number of hydrogen-bond acceptors (Lipinski definition) is 6. The summed E-state index contributed by atoms with van der Waals surface area (Å²) in [5.41, 5.74) is 1.67. The zero-order valence-electron chi connectivity index (χ0n) is 14.4. The van der Waals surface area contributed by atoms with Gasteiger partial charge in [0.05, 0.1) is 6.42 Å². The molecule has 0 radical (unpaired) electrons. The number of ether oxygens (including phenoxy) is 1. The van der Waals surface area contributed by atoms with E-state index in [4.69, 9.17) is 4.74 Å². The van der Waals surface area contributed by atoms with E-state index >= 15 is 0 Å². The second-order valence-corrected chi connectivity index (χ2v) is 8.51. The van der Waals surface area contributed by atoms with E-state index in [0.717, 1.165) is 16.9 Å². The third-order valence-electron chi connectivity index (χ3n) is 3.38. The van der Waals surface area contributed by atoms with Crippen molar-refractivity contribution in [2.45, 2.75) is 30.6 Å². The molecule has 140 valence electrons. The molecule has 0 unspecified atom stereocenters. The lowest BCUT2D eigenvalue weighted by Crippen LogP contribution is -2.31. The largest absolute Gasteiger partial charge is 0.452 e. The molecule has 1 amide bonds. The molecule has 0 saturated heterocycles. The molecule has 1 aromatic carbocycles. The van der Waals surface area contributed by atoms with Gasteiger partial charge in [-0.15, -0.1) is 11.3 Å². The van der Waals surface area contributed by atoms with E-state index in [1.165, 1.54) is 13.0 Å². The van der Waals surface area contributed by atoms with E-state index in [2.05, 4.69) is 10.0 Å². The Hall–Kier alpha value is -2.23. The number of nitrogens with one attached hydrogen (secondary N) is 2. The fourth-order valence-corrected chi connectivity index (χ4v) is 4.03. The molecular weight excluding hydrogens is 376 g/mol. The van der Waals surface area contributed by atoms with Crippen LogP contribution in [0.4, 0.5) is 5.69 Å². The highest BCUT2D eigenvalue weighted by atomic mass is 32.2. The van der Waals surface area contributed by atoms with Crippen LogP contribution >= 0.6 is 11.3 Å². The van der Waals surface area contributed by atoms with Crippen LogP contribution in [0.1, 0.15) is 18.9 Å². The summed E-state index contributed by atoms with van der Waals surface area (Å²) in [6.45, 7) is 3.28. The molecule has 0 spiro atoms. The lowest BCUT2D eigenvalue weighted by atomic mass is 10.2. The molecule has 7 nitrogen and oxygen atoms in total. The zero-order chi connectivity index (χ0) is 19.2. The van der Waals surface area contributed by atoms with Gasteiger partial charge in [0.1, 0.15) is 4.21 Å². The maximum Gasteiger partial charge on any atom is 0.307 e. The van der Waals surface area contributed by atoms with Crippen molar-refractivity contribution in [3.63, 3.8) is 0 Å². The molecule has 1 heterocycles. The standard InChI is InChI=1S/C17H20N2O5S2/c1-12-5-7-14(8-6-12)19-17(21)13(2)24-15(20)9-10-18-26(22,23)16-4-3-11-25-16/h3-8,11,13,18H,9-10H2,1-2H3,(H,19,21)/t13-/m0/s1. The second kappa shape index (κ2) is 8.93. The topological polar surface area (TPSA) is 102 Å². The lowest BCUT2D eigenvalue weighted by Gasteiger charge is -2.14. The van der Waals surface area contributed by atoms with Gasteiger partial charge in [-0.25, -0.2) is 13.1 Å². The molecule has 9 heteroatoms. The van der Waals surface area contributed by atoms with E-state index in [9.17, 15) is 18.0 Å². The summed E-state index contributed by atoms with van der Waals surface area (Å²) in [7, 11) is -3.62. The van der Waals surface area contributed by atoms with E-state index in [0.29, 0.717) is 5.69 Å². The lowest BCUT2D eigenvalue weighted by molar-refractivity contribution is -0.152. The van der Waals surface area contributed by atoms with Crippen molar-refractivity contribution in [2.24, 2.45) is 0 Å². The average molecular weight is 396 g/mol. The Labute approximate surface area is 156 Å². The minimum absolute atomic E-state index is 0.106. The highest BCUT2D eigenvalue weighted by Gasteiger charge is 2.19. The van der Waals surface area contributed by atoms with E-state index in [1.54, 1.807) is 23.6 Å². The first-order valence-corrected chi connectivity index (χ1v) is 10.2. The number of amides is 1. The number of carbonyl (C=O) groups excluding carboxylic acids is 2. The maximum absolute atomic E-state index is 12.0. The number of esters is 1. The third-order valence-corrected chi connectivity index (χ3v) is 6.24. The normalized spacial score (nSPS) is 12.4. The molecule has 2 aromatic rings. The Morgan fingerprint density at radius 2 is 1.88 bits per heavy atom. The Kier molecular flexibility index (Phi) is 6.90. The summed E-state index contributed by atoms with van der Waals surface area (Å²) < 4.78 is 31.4. The van der Waals surface area contributed by atoms with Gasteiger partial charge in [-0.05, 0) is 37.4 Å². The van der Waals surface area contributed by atoms with Gasteiger partial charge < -0.3 is 10.1 Å². The van der Waals surface area contributed by atoms with E-state index < -0.39 is 28.0 Å². The highest BCUT2D eigenvalue weighted by Crippen LogP contribution is 2.15. The Morgan fingerprint density at radius 3 is 2.50 bits per heavy atom. The van der Waals surface area contributed by atoms with Gasteiger partial charge in [-0.3, -0.25) is 9.59 Å². The fourth-order valence-electron chi connectivity index (χ4n) is 1.97. The van der Waals surface area contributed by atoms with Crippen LogP contribution in [0.25, 0.3) is 0 Å². The van der Waals surface area contributed by atoms with Crippen molar-refractivity contribution in [3.05, 3.63) is 47.3 Å². The Bertz CT molecular complexity index is 846. The summed E-state index contributed by atoms with van der Waals surface area (Å²) in [6, 6.07) is 10.3. The molecular formula is C17H20N2O5S2. The van der Waals surface area contributed by atoms with Crippen LogP contribution in [0, 0.1) is 6.92 Å². The van der Waals surface area contributed by atoms with Crippen LogP contribution in [0.15, 0.2) is 46.0 Å². The molecule has 0 saturated carbocycles. The van der Waals surface area contributed by atoms with Crippen LogP contribution in [0.2, 0.25) is 0 Å². The number of sulfonamides is 1. The number of benzene rings is 1. The second-order valence-electron chi connectivity index (χ2n) is 5.57. The molecule has 2 N–H and O–H groups in total. The predicted molar refractivity (Wildman–Crippen MR) is 99.5 cm³/mol. The van der Waals surface area contributed by atoms with E-state index in [-0.39, 0.29) is 17.2 Å². The third kappa shape index (κ3) is 5.94. The minimum atomic E-state index is -3.62. The van der Waals surface area contributed by atoms with Crippen LogP contribution < -0.4 is 10.0 Å². The molecule has 26 heavy (non-hydrogen) atoms. The number of hydrogen-bond donors (Lipinski definition) is 2. The Morgan fingerprint density at radius 1 is 1.19 bits per heavy atom. The van der Waals surface area contributed by atoms with Crippen LogP contribution in [0.5, 0.6) is 0 Å². The van der Waals surface area contributed by atoms with Gasteiger partial charge in [0, 0.05) is 12.2 Å². The van der Waals surface area contributed by atoms with Crippen molar-refractivity contribution in [2.75, 3.05) is 11.9 Å². The summed E-state index contributed by atoms with van der Waals surface area (Å²) in [6.07, 6.45) is -1.16. The summed E-state index contributed by atoms with van der Waals surface area (Å²) in [5, 5.41) is 4.30. The summed E-state index contributed by atoms with van der Waals surface area (Å²) >= 11 is 1.09. The molecule has 0 fully saturated rings. The first-order chi connectivity index (χ1) is 12.3. The minimum Gasteiger partial charge on any atom is -0.452 e. The zero-order valence-corrected chi connectivity index (χ0v) is 16.0. The van der Waals surface area contributed by atoms with Crippen LogP contribution in [0.3, 0.4) is 0 Å². The fraction of sp³-hybridized carbons (Fsp3) is 0.294. The predicted octanol–water partition coefficient (Wildman–Crippen LogP) is 2.30. The van der Waals surface area contributed by atoms with Gasteiger partial charge >= 0.3 is 5.97 Å². The van der Waals surface area contributed by atoms with Gasteiger partial charge in [0.2, 0.25) is 10.0 Å². The number of rotatable bonds is 8. The summed E-state index contributed by atoms with van der Waals surface area (Å²) in [5.74, 6) is -1.12. The number of carbonyl (C=O) groups is 2. The monoisotopic (exact) mass is 396 g/mol. The van der Waals surface area contributed by atoms with Crippen molar-refractivity contribution in [3.8, 4) is 0 Å². The van der Waals surface area contributed by atoms with Crippen molar-refractivity contribution < 1.29 is 22.7 Å². The molecule has 0 aliphatic carbocycles. The quantitative estimate of drug-likeness (QED) is 0.667. The number of aryl methyl sites for hydroxylation is 1. The molecule has 1 atom stereocenters. The van der Waals surface area contributed by atoms with Crippen LogP contribution in [-0.4, -0.2) is 32.9 Å². The average Bonchev–Trinajstić information content (AvgIpc) is 3.12. The van der Waals surface area contributed by atoms with Crippen LogP contribution in [-0.2, 0) is 24.3 Å². The molecule has 0 aliphatic rings. The SMILES string of the molecule is Cc1ccc(NC(=O)[C@H](C)OC(=O)CCNS(=O)(=O)c2cccs2)cc1. The Balaban J connectivity index is 1.76. The van der Waals surface area contributed by atoms with Gasteiger partial charge in [0.25, 0.3) is 5.91 Å². The molecule has 0 aliphatic heterocycles. The first kappa shape index (κ1) is 20.1. The molecule has 2 rings (SSSR count). The van der Waals surface area contributed by atoms with Gasteiger partial charge in [0.15, 0.2) is 6.10 Å². The number of thiophene rings is 1. The molecule has 0 bridgehead atoms. The van der Waals surface area contributed by atoms with Gasteiger partial charge in [-0.2, -0.15) is 0 Å². The van der Waals surface area contributed by atoms with Crippen molar-refractivity contribution in [1.29, 1.82) is 0 Å². The van der Waals surface area contributed by atoms with Crippen molar-refractivity contribution in [1.82, 2.24) is 4.72 Å². The van der Waals surface area contributed by atoms with Crippen molar-refractivity contribution >= 4 is 38.9 Å². The summed E-state index contributed by atoms with van der Waals surface area (Å²) in [4.78, 5) is 23.8. The number of anilines is 1. The first-order valence-electron chi connectivity index (χ1n) is 7.88. The van der Waals surface area contributed by atoms with E-state index in [1.807, 2.05) is 19.1 Å². The van der Waals surface area contributed by atoms with Gasteiger partial charge in [-0.1, -0.05) is 23.8 Å². The molecule has 1 aromatic heterocycles. The highest BCUT2D eigenvalue weighted by molar-refractivity contribution is 7.91. The smallest absolute Gasteiger partial charge is 0.307 e.